The summed E-state index contributed by atoms with van der Waals surface area (Å²) in [5, 5.41) is 0. The molecule has 0 N–H and O–H groups in total. The van der Waals surface area contributed by atoms with Gasteiger partial charge in [0.05, 0.1) is 20.3 Å². The first-order chi connectivity index (χ1) is 10.1. The van der Waals surface area contributed by atoms with E-state index in [-0.39, 0.29) is 24.8 Å². The first kappa shape index (κ1) is 15.0. The van der Waals surface area contributed by atoms with Gasteiger partial charge in [0.1, 0.15) is 11.7 Å². The molecule has 1 amide bonds. The number of esters is 1. The van der Waals surface area contributed by atoms with Gasteiger partial charge in [0, 0.05) is 12.1 Å². The van der Waals surface area contributed by atoms with Gasteiger partial charge < -0.3 is 14.4 Å². The Kier molecular flexibility index (Phi) is 4.57. The smallest absolute Gasteiger partial charge is 0.318 e. The van der Waals surface area contributed by atoms with Gasteiger partial charge in [-0.25, -0.2) is 0 Å². The molecule has 6 heteroatoms. The van der Waals surface area contributed by atoms with Crippen molar-refractivity contribution in [3.8, 4) is 5.75 Å². The standard InChI is InChI=1S/C15H17NO5/c1-3-21-11-6-4-10(5-7-11)14(18)16-8-12(13(17)9-16)15(19)20-2/h4-7,12H,3,8-9H2,1-2H3. The molecule has 0 bridgehead atoms. The molecule has 1 aromatic rings. The van der Waals surface area contributed by atoms with Crippen LogP contribution in [0.5, 0.6) is 5.75 Å². The van der Waals surface area contributed by atoms with Crippen molar-refractivity contribution in [1.82, 2.24) is 4.90 Å². The zero-order valence-corrected chi connectivity index (χ0v) is 12.0. The monoisotopic (exact) mass is 291 g/mol. The van der Waals surface area contributed by atoms with E-state index in [1.165, 1.54) is 12.0 Å². The van der Waals surface area contributed by atoms with E-state index in [1.54, 1.807) is 24.3 Å². The molecule has 1 heterocycles. The number of amides is 1. The number of ketones is 1. The third-order valence-corrected chi connectivity index (χ3v) is 3.32. The number of ether oxygens (including phenoxy) is 2. The number of carbonyl (C=O) groups is 3. The van der Waals surface area contributed by atoms with Crippen LogP contribution in [0.15, 0.2) is 24.3 Å². The Labute approximate surface area is 122 Å². The van der Waals surface area contributed by atoms with Crippen LogP contribution in [0.4, 0.5) is 0 Å². The van der Waals surface area contributed by atoms with Crippen LogP contribution in [0, 0.1) is 5.92 Å². The molecule has 1 aromatic carbocycles. The Morgan fingerprint density at radius 2 is 1.95 bits per heavy atom. The van der Waals surface area contributed by atoms with Crippen molar-refractivity contribution in [1.29, 1.82) is 0 Å². The summed E-state index contributed by atoms with van der Waals surface area (Å²) in [6.07, 6.45) is 0. The quantitative estimate of drug-likeness (QED) is 0.609. The SMILES string of the molecule is CCOc1ccc(C(=O)N2CC(=O)C(C(=O)OC)C2)cc1. The van der Waals surface area contributed by atoms with Gasteiger partial charge in [0.15, 0.2) is 5.78 Å². The molecule has 1 atom stereocenters. The van der Waals surface area contributed by atoms with Gasteiger partial charge in [-0.05, 0) is 31.2 Å². The second-order valence-corrected chi connectivity index (χ2v) is 4.69. The van der Waals surface area contributed by atoms with Gasteiger partial charge in [-0.15, -0.1) is 0 Å². The van der Waals surface area contributed by atoms with Crippen LogP contribution in [-0.2, 0) is 14.3 Å². The largest absolute Gasteiger partial charge is 0.494 e. The molecule has 0 spiro atoms. The van der Waals surface area contributed by atoms with Crippen LogP contribution in [-0.4, -0.2) is 49.4 Å². The molecule has 1 aliphatic rings. The zero-order valence-electron chi connectivity index (χ0n) is 12.0. The topological polar surface area (TPSA) is 72.9 Å². The van der Waals surface area contributed by atoms with Crippen molar-refractivity contribution in [2.45, 2.75) is 6.92 Å². The Morgan fingerprint density at radius 1 is 1.29 bits per heavy atom. The summed E-state index contributed by atoms with van der Waals surface area (Å²) in [5.74, 6) is -1.36. The molecule has 21 heavy (non-hydrogen) atoms. The van der Waals surface area contributed by atoms with Crippen molar-refractivity contribution in [3.05, 3.63) is 29.8 Å². The minimum atomic E-state index is -0.873. The maximum atomic E-state index is 12.3. The summed E-state index contributed by atoms with van der Waals surface area (Å²) in [6.45, 7) is 2.43. The molecule has 112 valence electrons. The number of hydrogen-bond donors (Lipinski definition) is 0. The number of hydrogen-bond acceptors (Lipinski definition) is 5. The van der Waals surface area contributed by atoms with E-state index in [0.29, 0.717) is 17.9 Å². The predicted octanol–water partition coefficient (Wildman–Crippen LogP) is 0.899. The summed E-state index contributed by atoms with van der Waals surface area (Å²) in [4.78, 5) is 36.9. The average molecular weight is 291 g/mol. The highest BCUT2D eigenvalue weighted by Gasteiger charge is 2.39. The number of benzene rings is 1. The fourth-order valence-corrected chi connectivity index (χ4v) is 2.23. The second-order valence-electron chi connectivity index (χ2n) is 4.69. The van der Waals surface area contributed by atoms with Gasteiger partial charge >= 0.3 is 5.97 Å². The Bertz CT molecular complexity index is 552. The maximum Gasteiger partial charge on any atom is 0.318 e. The van der Waals surface area contributed by atoms with E-state index in [2.05, 4.69) is 4.74 Å². The summed E-state index contributed by atoms with van der Waals surface area (Å²) in [7, 11) is 1.23. The molecule has 0 radical (unpaired) electrons. The third kappa shape index (κ3) is 3.21. The van der Waals surface area contributed by atoms with Crippen LogP contribution in [0.1, 0.15) is 17.3 Å². The van der Waals surface area contributed by atoms with Crippen molar-refractivity contribution >= 4 is 17.7 Å². The van der Waals surface area contributed by atoms with Gasteiger partial charge in [-0.1, -0.05) is 0 Å². The van der Waals surface area contributed by atoms with E-state index in [1.807, 2.05) is 6.92 Å². The highest BCUT2D eigenvalue weighted by atomic mass is 16.5. The lowest BCUT2D eigenvalue weighted by atomic mass is 10.1. The molecular weight excluding hydrogens is 274 g/mol. The summed E-state index contributed by atoms with van der Waals surface area (Å²) >= 11 is 0. The molecule has 0 aromatic heterocycles. The minimum absolute atomic E-state index is 0.0637. The van der Waals surface area contributed by atoms with Crippen molar-refractivity contribution < 1.29 is 23.9 Å². The first-order valence-corrected chi connectivity index (χ1v) is 6.69. The average Bonchev–Trinajstić information content (AvgIpc) is 2.89. The summed E-state index contributed by atoms with van der Waals surface area (Å²) < 4.78 is 9.87. The van der Waals surface area contributed by atoms with E-state index in [0.717, 1.165) is 0 Å². The molecule has 2 rings (SSSR count). The van der Waals surface area contributed by atoms with E-state index < -0.39 is 11.9 Å². The maximum absolute atomic E-state index is 12.3. The molecule has 1 aliphatic heterocycles. The van der Waals surface area contributed by atoms with Crippen molar-refractivity contribution in [3.63, 3.8) is 0 Å². The predicted molar refractivity (Wildman–Crippen MR) is 74.0 cm³/mol. The highest BCUT2D eigenvalue weighted by molar-refractivity contribution is 6.06. The first-order valence-electron chi connectivity index (χ1n) is 6.69. The van der Waals surface area contributed by atoms with E-state index in [4.69, 9.17) is 4.74 Å². The fraction of sp³-hybridized carbons (Fsp3) is 0.400. The van der Waals surface area contributed by atoms with Gasteiger partial charge in [-0.3, -0.25) is 14.4 Å². The molecule has 6 nitrogen and oxygen atoms in total. The normalized spacial score (nSPS) is 17.7. The number of methoxy groups -OCH3 is 1. The van der Waals surface area contributed by atoms with Crippen LogP contribution in [0.2, 0.25) is 0 Å². The Hall–Kier alpha value is -2.37. The lowest BCUT2D eigenvalue weighted by molar-refractivity contribution is -0.147. The summed E-state index contributed by atoms with van der Waals surface area (Å²) in [5.41, 5.74) is 0.455. The lowest BCUT2D eigenvalue weighted by Crippen LogP contribution is -2.30. The molecule has 1 saturated heterocycles. The molecular formula is C15H17NO5. The molecule has 0 aliphatic carbocycles. The van der Waals surface area contributed by atoms with E-state index in [9.17, 15) is 14.4 Å². The highest BCUT2D eigenvalue weighted by Crippen LogP contribution is 2.19. The zero-order chi connectivity index (χ0) is 15.4. The van der Waals surface area contributed by atoms with Gasteiger partial charge in [0.2, 0.25) is 0 Å². The number of carbonyl (C=O) groups excluding carboxylic acids is 3. The number of nitrogens with zero attached hydrogens (tertiary/aromatic N) is 1. The van der Waals surface area contributed by atoms with Crippen LogP contribution in [0.25, 0.3) is 0 Å². The van der Waals surface area contributed by atoms with Crippen molar-refractivity contribution in [2.24, 2.45) is 5.92 Å². The van der Waals surface area contributed by atoms with Crippen LogP contribution >= 0.6 is 0 Å². The molecule has 1 fully saturated rings. The molecule has 0 saturated carbocycles. The minimum Gasteiger partial charge on any atom is -0.494 e. The summed E-state index contributed by atoms with van der Waals surface area (Å²) in [6, 6.07) is 6.69. The molecule has 1 unspecified atom stereocenters. The number of likely N-dealkylation sites (tertiary alicyclic amines) is 1. The fourth-order valence-electron chi connectivity index (χ4n) is 2.23. The Balaban J connectivity index is 2.07. The van der Waals surface area contributed by atoms with Gasteiger partial charge in [0.25, 0.3) is 5.91 Å². The van der Waals surface area contributed by atoms with E-state index >= 15 is 0 Å². The number of rotatable bonds is 4. The van der Waals surface area contributed by atoms with Crippen LogP contribution in [0.3, 0.4) is 0 Å². The third-order valence-electron chi connectivity index (χ3n) is 3.32. The Morgan fingerprint density at radius 3 is 2.52 bits per heavy atom. The lowest BCUT2D eigenvalue weighted by Gasteiger charge is -2.15. The van der Waals surface area contributed by atoms with Gasteiger partial charge in [-0.2, -0.15) is 0 Å². The number of Topliss-reactive ketones (excluding diaryl/α,β-unsaturated/α-hetero) is 1. The van der Waals surface area contributed by atoms with Crippen molar-refractivity contribution in [2.75, 3.05) is 26.8 Å². The van der Waals surface area contributed by atoms with Crippen LogP contribution < -0.4 is 4.74 Å². The second kappa shape index (κ2) is 6.39.